The van der Waals surface area contributed by atoms with Crippen molar-refractivity contribution < 1.29 is 0 Å². The van der Waals surface area contributed by atoms with E-state index in [9.17, 15) is 0 Å². The Bertz CT molecular complexity index is 178. The fourth-order valence-electron chi connectivity index (χ4n) is 2.79. The summed E-state index contributed by atoms with van der Waals surface area (Å²) in [6.45, 7) is 4.76. The average molecular weight is 150 g/mol. The molecule has 0 bridgehead atoms. The largest absolute Gasteiger partial charge is 0.0842 e. The molecule has 0 saturated heterocycles. The second-order valence-electron chi connectivity index (χ2n) is 4.21. The number of hydrogen-bond acceptors (Lipinski definition) is 0. The van der Waals surface area contributed by atoms with Gasteiger partial charge in [0, 0.05) is 0 Å². The fourth-order valence-corrected chi connectivity index (χ4v) is 2.79. The number of allylic oxidation sites excluding steroid dienone is 2. The highest BCUT2D eigenvalue weighted by Crippen LogP contribution is 2.46. The third-order valence-corrected chi connectivity index (χ3v) is 3.63. The molecular formula is C11H18. The van der Waals surface area contributed by atoms with Crippen LogP contribution in [0.15, 0.2) is 11.6 Å². The second kappa shape index (κ2) is 2.66. The zero-order chi connectivity index (χ0) is 7.84. The van der Waals surface area contributed by atoms with Crippen LogP contribution < -0.4 is 0 Å². The van der Waals surface area contributed by atoms with Gasteiger partial charge in [0.25, 0.3) is 0 Å². The van der Waals surface area contributed by atoms with Crippen LogP contribution in [0.3, 0.4) is 0 Å². The summed E-state index contributed by atoms with van der Waals surface area (Å²) in [7, 11) is 0. The Balaban J connectivity index is 2.12. The summed E-state index contributed by atoms with van der Waals surface area (Å²) in [5.74, 6) is 2.92. The maximum atomic E-state index is 2.48. The molecular weight excluding hydrogens is 132 g/mol. The van der Waals surface area contributed by atoms with Crippen LogP contribution >= 0.6 is 0 Å². The van der Waals surface area contributed by atoms with Crippen molar-refractivity contribution in [1.82, 2.24) is 0 Å². The van der Waals surface area contributed by atoms with Crippen molar-refractivity contribution in [3.63, 3.8) is 0 Å². The average Bonchev–Trinajstić information content (AvgIpc) is 1.95. The lowest BCUT2D eigenvalue weighted by Gasteiger charge is -2.41. The highest BCUT2D eigenvalue weighted by molar-refractivity contribution is 5.23. The molecule has 2 aliphatic carbocycles. The normalized spacial score (nSPS) is 42.4. The first-order valence-electron chi connectivity index (χ1n) is 5.03. The Morgan fingerprint density at radius 2 is 2.27 bits per heavy atom. The molecule has 0 heterocycles. The molecule has 0 spiro atoms. The summed E-state index contributed by atoms with van der Waals surface area (Å²) >= 11 is 0. The van der Waals surface area contributed by atoms with Gasteiger partial charge in [-0.2, -0.15) is 0 Å². The summed E-state index contributed by atoms with van der Waals surface area (Å²) in [4.78, 5) is 0. The minimum atomic E-state index is 0.947. The van der Waals surface area contributed by atoms with Gasteiger partial charge in [0.05, 0.1) is 0 Å². The lowest BCUT2D eigenvalue weighted by atomic mass is 9.64. The molecule has 3 unspecified atom stereocenters. The Labute approximate surface area is 69.7 Å². The van der Waals surface area contributed by atoms with Crippen molar-refractivity contribution in [2.45, 2.75) is 39.5 Å². The molecule has 0 aliphatic heterocycles. The fraction of sp³-hybridized carbons (Fsp3) is 0.818. The molecule has 0 aromatic heterocycles. The predicted octanol–water partition coefficient (Wildman–Crippen LogP) is 3.39. The maximum Gasteiger partial charge on any atom is -0.0166 e. The summed E-state index contributed by atoms with van der Waals surface area (Å²) < 4.78 is 0. The maximum absolute atomic E-state index is 2.48. The molecule has 1 saturated carbocycles. The monoisotopic (exact) mass is 150 g/mol. The van der Waals surface area contributed by atoms with Gasteiger partial charge in [0.2, 0.25) is 0 Å². The zero-order valence-corrected chi connectivity index (χ0v) is 7.64. The summed E-state index contributed by atoms with van der Waals surface area (Å²) in [5.41, 5.74) is 1.81. The van der Waals surface area contributed by atoms with Crippen molar-refractivity contribution >= 4 is 0 Å². The highest BCUT2D eigenvalue weighted by atomic mass is 14.4. The van der Waals surface area contributed by atoms with E-state index in [-0.39, 0.29) is 0 Å². The van der Waals surface area contributed by atoms with Gasteiger partial charge in [-0.05, 0) is 43.4 Å². The van der Waals surface area contributed by atoms with Crippen LogP contribution in [0.25, 0.3) is 0 Å². The third-order valence-electron chi connectivity index (χ3n) is 3.63. The molecule has 2 rings (SSSR count). The van der Waals surface area contributed by atoms with Crippen molar-refractivity contribution in [3.05, 3.63) is 11.6 Å². The molecule has 62 valence electrons. The van der Waals surface area contributed by atoms with Gasteiger partial charge in [-0.3, -0.25) is 0 Å². The van der Waals surface area contributed by atoms with Crippen molar-refractivity contribution in [3.8, 4) is 0 Å². The van der Waals surface area contributed by atoms with Crippen LogP contribution in [0.4, 0.5) is 0 Å². The first-order valence-corrected chi connectivity index (χ1v) is 5.03. The van der Waals surface area contributed by atoms with E-state index >= 15 is 0 Å². The minimum Gasteiger partial charge on any atom is -0.0842 e. The van der Waals surface area contributed by atoms with E-state index in [0.29, 0.717) is 0 Å². The highest BCUT2D eigenvalue weighted by Gasteiger charge is 2.34. The molecule has 0 amide bonds. The van der Waals surface area contributed by atoms with Gasteiger partial charge in [0.1, 0.15) is 0 Å². The van der Waals surface area contributed by atoms with Crippen LogP contribution in [0.1, 0.15) is 39.5 Å². The van der Waals surface area contributed by atoms with E-state index in [4.69, 9.17) is 0 Å². The molecule has 11 heavy (non-hydrogen) atoms. The standard InChI is InChI=1S/C11H18/c1-3-10-8(2)4-5-9-6-7-11(9)10/h7-10H,3-6H2,1-2H3. The Kier molecular flexibility index (Phi) is 1.78. The topological polar surface area (TPSA) is 0 Å². The number of fused-ring (bicyclic) bond motifs is 1. The van der Waals surface area contributed by atoms with E-state index in [1.807, 2.05) is 5.57 Å². The Hall–Kier alpha value is -0.260. The molecule has 0 aromatic carbocycles. The van der Waals surface area contributed by atoms with Gasteiger partial charge >= 0.3 is 0 Å². The number of rotatable bonds is 1. The molecule has 0 radical (unpaired) electrons. The predicted molar refractivity (Wildman–Crippen MR) is 48.4 cm³/mol. The number of hydrogen-bond donors (Lipinski definition) is 0. The quantitative estimate of drug-likeness (QED) is 0.503. The van der Waals surface area contributed by atoms with Crippen molar-refractivity contribution in [2.75, 3.05) is 0 Å². The summed E-state index contributed by atoms with van der Waals surface area (Å²) in [6, 6.07) is 0. The van der Waals surface area contributed by atoms with Crippen LogP contribution in [0.2, 0.25) is 0 Å². The lowest BCUT2D eigenvalue weighted by Crippen LogP contribution is -2.30. The van der Waals surface area contributed by atoms with Crippen LogP contribution in [0.5, 0.6) is 0 Å². The molecule has 0 aromatic rings. The van der Waals surface area contributed by atoms with Gasteiger partial charge in [-0.1, -0.05) is 25.5 Å². The second-order valence-corrected chi connectivity index (χ2v) is 4.21. The smallest absolute Gasteiger partial charge is 0.0166 e. The summed E-state index contributed by atoms with van der Waals surface area (Å²) in [5, 5.41) is 0. The Morgan fingerprint density at radius 1 is 1.45 bits per heavy atom. The third kappa shape index (κ3) is 1.04. The van der Waals surface area contributed by atoms with Crippen LogP contribution in [-0.2, 0) is 0 Å². The molecule has 0 heteroatoms. The van der Waals surface area contributed by atoms with Gasteiger partial charge in [-0.15, -0.1) is 0 Å². The van der Waals surface area contributed by atoms with E-state index in [1.165, 1.54) is 25.7 Å². The van der Waals surface area contributed by atoms with Crippen molar-refractivity contribution in [2.24, 2.45) is 17.8 Å². The van der Waals surface area contributed by atoms with E-state index < -0.39 is 0 Å². The minimum absolute atomic E-state index is 0.947. The van der Waals surface area contributed by atoms with E-state index in [2.05, 4.69) is 19.9 Å². The van der Waals surface area contributed by atoms with E-state index in [0.717, 1.165) is 17.8 Å². The summed E-state index contributed by atoms with van der Waals surface area (Å²) in [6.07, 6.45) is 8.18. The van der Waals surface area contributed by atoms with Gasteiger partial charge < -0.3 is 0 Å². The molecule has 1 fully saturated rings. The van der Waals surface area contributed by atoms with E-state index in [1.54, 1.807) is 0 Å². The van der Waals surface area contributed by atoms with Crippen LogP contribution in [0, 0.1) is 17.8 Å². The van der Waals surface area contributed by atoms with Gasteiger partial charge in [0.15, 0.2) is 0 Å². The molecule has 2 aliphatic rings. The first kappa shape index (κ1) is 7.39. The Morgan fingerprint density at radius 3 is 2.73 bits per heavy atom. The lowest BCUT2D eigenvalue weighted by molar-refractivity contribution is 0.248. The van der Waals surface area contributed by atoms with Gasteiger partial charge in [-0.25, -0.2) is 0 Å². The molecule has 0 N–H and O–H groups in total. The zero-order valence-electron chi connectivity index (χ0n) is 7.64. The van der Waals surface area contributed by atoms with Crippen LogP contribution in [-0.4, -0.2) is 0 Å². The molecule has 3 atom stereocenters. The first-order chi connectivity index (χ1) is 5.33. The molecule has 0 nitrogen and oxygen atoms in total. The SMILES string of the molecule is CCC1C2=CCC2CCC1C. The van der Waals surface area contributed by atoms with Crippen molar-refractivity contribution in [1.29, 1.82) is 0 Å².